The van der Waals surface area contributed by atoms with Crippen molar-refractivity contribution in [1.82, 2.24) is 0 Å². The Balaban J connectivity index is 1.95. The molecule has 0 bridgehead atoms. The van der Waals surface area contributed by atoms with Crippen LogP contribution in [-0.2, 0) is 4.79 Å². The highest BCUT2D eigenvalue weighted by Gasteiger charge is 2.28. The standard InChI is InChI=1S/C13H19BrN2OS/c1-16(12-7-6-11(14)18-12)13(17)10-4-2-9(8-15)3-5-10/h6-7,9-10H,2-5,8,15H2,1H3. The van der Waals surface area contributed by atoms with Gasteiger partial charge >= 0.3 is 0 Å². The molecule has 1 aliphatic rings. The number of hydrogen-bond donors (Lipinski definition) is 1. The Morgan fingerprint density at radius 1 is 1.44 bits per heavy atom. The van der Waals surface area contributed by atoms with Crippen molar-refractivity contribution in [2.24, 2.45) is 17.6 Å². The molecule has 1 heterocycles. The molecule has 1 amide bonds. The predicted octanol–water partition coefficient (Wildman–Crippen LogP) is 3.24. The zero-order valence-corrected chi connectivity index (χ0v) is 13.0. The fourth-order valence-electron chi connectivity index (χ4n) is 2.51. The predicted molar refractivity (Wildman–Crippen MR) is 79.9 cm³/mol. The lowest BCUT2D eigenvalue weighted by Gasteiger charge is -2.29. The summed E-state index contributed by atoms with van der Waals surface area (Å²) in [7, 11) is 1.87. The molecule has 1 saturated carbocycles. The van der Waals surface area contributed by atoms with Crippen LogP contribution in [0.5, 0.6) is 0 Å². The van der Waals surface area contributed by atoms with Crippen molar-refractivity contribution in [2.45, 2.75) is 25.7 Å². The van der Waals surface area contributed by atoms with Crippen LogP contribution in [0.3, 0.4) is 0 Å². The summed E-state index contributed by atoms with van der Waals surface area (Å²) in [5.74, 6) is 1.05. The van der Waals surface area contributed by atoms with Gasteiger partial charge in [-0.1, -0.05) is 0 Å². The lowest BCUT2D eigenvalue weighted by molar-refractivity contribution is -0.123. The van der Waals surface area contributed by atoms with Crippen LogP contribution in [0.1, 0.15) is 25.7 Å². The molecular formula is C13H19BrN2OS. The lowest BCUT2D eigenvalue weighted by Crippen LogP contribution is -2.35. The number of carbonyl (C=O) groups excluding carboxylic acids is 1. The average molecular weight is 331 g/mol. The van der Waals surface area contributed by atoms with E-state index in [0.29, 0.717) is 5.92 Å². The maximum Gasteiger partial charge on any atom is 0.230 e. The Labute approximate surface area is 120 Å². The molecule has 0 saturated heterocycles. The second-order valence-electron chi connectivity index (χ2n) is 4.93. The van der Waals surface area contributed by atoms with Gasteiger partial charge in [0.05, 0.1) is 8.79 Å². The van der Waals surface area contributed by atoms with E-state index in [0.717, 1.165) is 41.0 Å². The Kier molecular flexibility index (Phi) is 4.81. The third kappa shape index (κ3) is 3.13. The van der Waals surface area contributed by atoms with Crippen molar-refractivity contribution < 1.29 is 4.79 Å². The van der Waals surface area contributed by atoms with E-state index in [1.807, 2.05) is 19.2 Å². The van der Waals surface area contributed by atoms with Crippen molar-refractivity contribution in [1.29, 1.82) is 0 Å². The highest BCUT2D eigenvalue weighted by molar-refractivity contribution is 9.11. The van der Waals surface area contributed by atoms with E-state index in [1.165, 1.54) is 0 Å². The maximum atomic E-state index is 12.4. The van der Waals surface area contributed by atoms with Crippen LogP contribution < -0.4 is 10.6 Å². The zero-order valence-electron chi connectivity index (χ0n) is 10.6. The first kappa shape index (κ1) is 14.0. The van der Waals surface area contributed by atoms with E-state index in [2.05, 4.69) is 15.9 Å². The molecule has 18 heavy (non-hydrogen) atoms. The monoisotopic (exact) mass is 330 g/mol. The minimum Gasteiger partial charge on any atom is -0.330 e. The highest BCUT2D eigenvalue weighted by atomic mass is 79.9. The fraction of sp³-hybridized carbons (Fsp3) is 0.615. The van der Waals surface area contributed by atoms with Crippen molar-refractivity contribution >= 4 is 38.2 Å². The first-order valence-corrected chi connectivity index (χ1v) is 7.95. The summed E-state index contributed by atoms with van der Waals surface area (Å²) in [4.78, 5) is 14.2. The summed E-state index contributed by atoms with van der Waals surface area (Å²) in [6, 6.07) is 3.97. The summed E-state index contributed by atoms with van der Waals surface area (Å²) in [5, 5.41) is 1.01. The molecule has 2 rings (SSSR count). The number of carbonyl (C=O) groups is 1. The van der Waals surface area contributed by atoms with Gasteiger partial charge in [-0.05, 0) is 66.2 Å². The van der Waals surface area contributed by atoms with Crippen molar-refractivity contribution in [3.63, 3.8) is 0 Å². The molecule has 100 valence electrons. The van der Waals surface area contributed by atoms with E-state index in [-0.39, 0.29) is 11.8 Å². The Morgan fingerprint density at radius 3 is 2.61 bits per heavy atom. The van der Waals surface area contributed by atoms with Gasteiger partial charge in [0.2, 0.25) is 5.91 Å². The molecule has 2 N–H and O–H groups in total. The smallest absolute Gasteiger partial charge is 0.230 e. The van der Waals surface area contributed by atoms with Crippen molar-refractivity contribution in [3.8, 4) is 0 Å². The molecule has 0 unspecified atom stereocenters. The SMILES string of the molecule is CN(C(=O)C1CCC(CN)CC1)c1ccc(Br)s1. The minimum absolute atomic E-state index is 0.179. The van der Waals surface area contributed by atoms with Gasteiger partial charge < -0.3 is 10.6 Å². The molecule has 1 aliphatic carbocycles. The van der Waals surface area contributed by atoms with Crippen LogP contribution >= 0.6 is 27.3 Å². The van der Waals surface area contributed by atoms with Gasteiger partial charge in [0.25, 0.3) is 0 Å². The largest absolute Gasteiger partial charge is 0.330 e. The molecule has 3 nitrogen and oxygen atoms in total. The maximum absolute atomic E-state index is 12.4. The van der Waals surface area contributed by atoms with Crippen LogP contribution in [-0.4, -0.2) is 19.5 Å². The third-order valence-corrected chi connectivity index (χ3v) is 5.45. The zero-order chi connectivity index (χ0) is 13.1. The molecular weight excluding hydrogens is 312 g/mol. The molecule has 5 heteroatoms. The lowest BCUT2D eigenvalue weighted by atomic mass is 9.81. The van der Waals surface area contributed by atoms with Crippen molar-refractivity contribution in [3.05, 3.63) is 15.9 Å². The topological polar surface area (TPSA) is 46.3 Å². The number of nitrogens with zero attached hydrogens (tertiary/aromatic N) is 1. The molecule has 0 spiro atoms. The Bertz CT molecular complexity index is 413. The average Bonchev–Trinajstić information content (AvgIpc) is 2.84. The summed E-state index contributed by atoms with van der Waals surface area (Å²) in [6.45, 7) is 0.759. The molecule has 0 aromatic carbocycles. The number of anilines is 1. The van der Waals surface area contributed by atoms with Crippen LogP contribution in [0.15, 0.2) is 15.9 Å². The fourth-order valence-corrected chi connectivity index (χ4v) is 3.84. The number of hydrogen-bond acceptors (Lipinski definition) is 3. The second-order valence-corrected chi connectivity index (χ2v) is 7.37. The Hall–Kier alpha value is -0.390. The van der Waals surface area contributed by atoms with Gasteiger partial charge in [0, 0.05) is 13.0 Å². The molecule has 1 aromatic rings. The van der Waals surface area contributed by atoms with E-state index in [1.54, 1.807) is 16.2 Å². The summed E-state index contributed by atoms with van der Waals surface area (Å²) >= 11 is 5.02. The van der Waals surface area contributed by atoms with Crippen LogP contribution in [0, 0.1) is 11.8 Å². The van der Waals surface area contributed by atoms with Gasteiger partial charge in [-0.15, -0.1) is 11.3 Å². The first-order valence-electron chi connectivity index (χ1n) is 6.34. The van der Waals surface area contributed by atoms with Gasteiger partial charge in [0.15, 0.2) is 0 Å². The van der Waals surface area contributed by atoms with Gasteiger partial charge in [-0.3, -0.25) is 4.79 Å². The van der Waals surface area contributed by atoms with Gasteiger partial charge in [-0.25, -0.2) is 0 Å². The number of rotatable bonds is 3. The molecule has 1 fully saturated rings. The van der Waals surface area contributed by atoms with Crippen LogP contribution in [0.2, 0.25) is 0 Å². The molecule has 0 radical (unpaired) electrons. The summed E-state index contributed by atoms with van der Waals surface area (Å²) < 4.78 is 1.06. The van der Waals surface area contributed by atoms with E-state index in [9.17, 15) is 4.79 Å². The van der Waals surface area contributed by atoms with Crippen LogP contribution in [0.25, 0.3) is 0 Å². The number of thiophene rings is 1. The van der Waals surface area contributed by atoms with E-state index >= 15 is 0 Å². The normalized spacial score (nSPS) is 23.9. The van der Waals surface area contributed by atoms with E-state index in [4.69, 9.17) is 5.73 Å². The van der Waals surface area contributed by atoms with Gasteiger partial charge in [-0.2, -0.15) is 0 Å². The van der Waals surface area contributed by atoms with Crippen LogP contribution in [0.4, 0.5) is 5.00 Å². The highest BCUT2D eigenvalue weighted by Crippen LogP contribution is 2.33. The third-order valence-electron chi connectivity index (χ3n) is 3.75. The van der Waals surface area contributed by atoms with Gasteiger partial charge in [0.1, 0.15) is 0 Å². The molecule has 0 aliphatic heterocycles. The summed E-state index contributed by atoms with van der Waals surface area (Å²) in [6.07, 6.45) is 4.15. The summed E-state index contributed by atoms with van der Waals surface area (Å²) in [5.41, 5.74) is 5.68. The first-order chi connectivity index (χ1) is 8.61. The molecule has 1 aromatic heterocycles. The Morgan fingerprint density at radius 2 is 2.11 bits per heavy atom. The van der Waals surface area contributed by atoms with E-state index < -0.39 is 0 Å². The number of amides is 1. The quantitative estimate of drug-likeness (QED) is 0.924. The van der Waals surface area contributed by atoms with Crippen molar-refractivity contribution in [2.75, 3.05) is 18.5 Å². The second kappa shape index (κ2) is 6.17. The molecule has 0 atom stereocenters. The minimum atomic E-state index is 0.179. The number of halogens is 1. The number of nitrogens with two attached hydrogens (primary N) is 1.